The topological polar surface area (TPSA) is 237 Å². The Hall–Kier alpha value is -3.54. The van der Waals surface area contributed by atoms with E-state index in [9.17, 15) is 19.8 Å². The van der Waals surface area contributed by atoms with Crippen LogP contribution in [0.4, 0.5) is 0 Å². The van der Waals surface area contributed by atoms with Gasteiger partial charge in [0.15, 0.2) is 22.3 Å². The molecule has 192 valence electrons. The number of nitrogens with one attached hydrogen (secondary N) is 3. The fourth-order valence-corrected chi connectivity index (χ4v) is 4.21. The fourth-order valence-electron chi connectivity index (χ4n) is 4.21. The molecular formula is C20H24N8O8. The highest BCUT2D eigenvalue weighted by atomic mass is 16.5. The molecule has 6 rings (SSSR count). The molecule has 2 saturated heterocycles. The van der Waals surface area contributed by atoms with Crippen LogP contribution in [0.5, 0.6) is 0 Å². The number of aromatic nitrogens is 8. The maximum absolute atomic E-state index is 11.7. The molecule has 0 radical (unpaired) electrons. The van der Waals surface area contributed by atoms with E-state index in [4.69, 9.17) is 19.7 Å². The molecule has 0 spiro atoms. The normalized spacial score (nSPS) is 28.0. The van der Waals surface area contributed by atoms with Crippen LogP contribution in [0.2, 0.25) is 0 Å². The van der Waals surface area contributed by atoms with E-state index in [0.29, 0.717) is 29.1 Å². The lowest BCUT2D eigenvalue weighted by Crippen LogP contribution is -2.24. The molecule has 0 saturated carbocycles. The van der Waals surface area contributed by atoms with Crippen LogP contribution in [0.15, 0.2) is 28.6 Å². The maximum atomic E-state index is 11.7. The Balaban J connectivity index is 0.000000148. The molecule has 16 nitrogen and oxygen atoms in total. The summed E-state index contributed by atoms with van der Waals surface area (Å²) in [6.07, 6.45) is 0.959. The van der Waals surface area contributed by atoms with Gasteiger partial charge in [-0.25, -0.2) is 19.9 Å². The minimum atomic E-state index is -0.764. The lowest BCUT2D eigenvalue weighted by atomic mass is 10.1. The van der Waals surface area contributed by atoms with E-state index in [2.05, 4.69) is 34.9 Å². The number of H-pyrrole nitrogens is 3. The molecule has 2 fully saturated rings. The highest BCUT2D eigenvalue weighted by molar-refractivity contribution is 5.69. The highest BCUT2D eigenvalue weighted by Gasteiger charge is 2.36. The van der Waals surface area contributed by atoms with E-state index >= 15 is 0 Å². The minimum absolute atomic E-state index is 0.225. The number of fused-ring (bicyclic) bond motifs is 2. The number of aliphatic hydroxyl groups is 4. The first kappa shape index (κ1) is 24.2. The second-order valence-electron chi connectivity index (χ2n) is 8.37. The summed E-state index contributed by atoms with van der Waals surface area (Å²) in [6, 6.07) is 0. The van der Waals surface area contributed by atoms with Crippen molar-refractivity contribution in [2.45, 2.75) is 49.6 Å². The molecular weight excluding hydrogens is 480 g/mol. The van der Waals surface area contributed by atoms with Crippen molar-refractivity contribution in [2.24, 2.45) is 0 Å². The van der Waals surface area contributed by atoms with Gasteiger partial charge in [-0.15, -0.1) is 0 Å². The number of ether oxygens (including phenoxy) is 2. The lowest BCUT2D eigenvalue weighted by Gasteiger charge is -2.13. The Kier molecular flexibility index (Phi) is 6.61. The minimum Gasteiger partial charge on any atom is -0.394 e. The monoisotopic (exact) mass is 504 g/mol. The van der Waals surface area contributed by atoms with E-state index in [1.807, 2.05) is 0 Å². The van der Waals surface area contributed by atoms with Crippen LogP contribution in [0, 0.1) is 0 Å². The highest BCUT2D eigenvalue weighted by Crippen LogP contribution is 2.31. The van der Waals surface area contributed by atoms with Crippen molar-refractivity contribution >= 4 is 22.3 Å². The quantitative estimate of drug-likeness (QED) is 0.154. The molecule has 0 bridgehead atoms. The summed E-state index contributed by atoms with van der Waals surface area (Å²) in [5.41, 5.74) is 0.571. The predicted octanol–water partition coefficient (Wildman–Crippen LogP) is -2.41. The van der Waals surface area contributed by atoms with Gasteiger partial charge < -0.3 is 44.9 Å². The zero-order valence-electron chi connectivity index (χ0n) is 18.7. The van der Waals surface area contributed by atoms with Crippen molar-refractivity contribution in [3.05, 3.63) is 45.5 Å². The second-order valence-corrected chi connectivity index (χ2v) is 8.37. The number of rotatable bonds is 4. The van der Waals surface area contributed by atoms with Crippen molar-refractivity contribution in [1.29, 1.82) is 0 Å². The summed E-state index contributed by atoms with van der Waals surface area (Å²) >= 11 is 0. The number of hydrogen-bond donors (Lipinski definition) is 7. The average molecular weight is 504 g/mol. The predicted molar refractivity (Wildman–Crippen MR) is 120 cm³/mol. The molecule has 4 aromatic rings. The van der Waals surface area contributed by atoms with Crippen LogP contribution in [-0.4, -0.2) is 97.5 Å². The van der Waals surface area contributed by atoms with Crippen molar-refractivity contribution < 1.29 is 29.9 Å². The van der Waals surface area contributed by atoms with Gasteiger partial charge in [0.1, 0.15) is 30.4 Å². The van der Waals surface area contributed by atoms with Crippen LogP contribution in [0.1, 0.15) is 31.0 Å². The van der Waals surface area contributed by atoms with Gasteiger partial charge in [-0.2, -0.15) is 0 Å². The van der Waals surface area contributed by atoms with Crippen molar-refractivity contribution in [2.75, 3.05) is 13.2 Å². The van der Waals surface area contributed by atoms with Gasteiger partial charge in [0.25, 0.3) is 11.1 Å². The lowest BCUT2D eigenvalue weighted by molar-refractivity contribution is -0.0432. The van der Waals surface area contributed by atoms with Gasteiger partial charge in [-0.05, 0) is 0 Å². The van der Waals surface area contributed by atoms with Crippen molar-refractivity contribution in [1.82, 2.24) is 39.5 Å². The largest absolute Gasteiger partial charge is 0.394 e. The molecule has 0 aliphatic carbocycles. The Morgan fingerprint density at radius 3 is 2.39 bits per heavy atom. The van der Waals surface area contributed by atoms with Crippen molar-refractivity contribution in [3.8, 4) is 0 Å². The zero-order valence-corrected chi connectivity index (χ0v) is 18.7. The molecule has 6 atom stereocenters. The van der Waals surface area contributed by atoms with E-state index < -0.39 is 36.7 Å². The molecule has 0 amide bonds. The molecule has 4 aromatic heterocycles. The van der Waals surface area contributed by atoms with Gasteiger partial charge in [0.05, 0.1) is 44.4 Å². The molecule has 0 aromatic carbocycles. The molecule has 0 unspecified atom stereocenters. The number of aliphatic hydroxyl groups excluding tert-OH is 4. The summed E-state index contributed by atoms with van der Waals surface area (Å²) in [7, 11) is 0. The third kappa shape index (κ3) is 4.41. The summed E-state index contributed by atoms with van der Waals surface area (Å²) in [5.74, 6) is 0.314. The van der Waals surface area contributed by atoms with Gasteiger partial charge >= 0.3 is 0 Å². The summed E-state index contributed by atoms with van der Waals surface area (Å²) in [5, 5.41) is 37.3. The summed E-state index contributed by atoms with van der Waals surface area (Å²) < 4.78 is 12.5. The van der Waals surface area contributed by atoms with Gasteiger partial charge in [-0.3, -0.25) is 14.2 Å². The van der Waals surface area contributed by atoms with Gasteiger partial charge in [0, 0.05) is 12.8 Å². The molecule has 7 N–H and O–H groups in total. The maximum Gasteiger partial charge on any atom is 0.278 e. The van der Waals surface area contributed by atoms with Crippen LogP contribution in [0.3, 0.4) is 0 Å². The standard InChI is InChI=1S/2C10H12N4O4/c15-2-6-5(16)1-7(18-6)14-4-13-8-9(14)11-3-12-10(8)17;15-2-6-4(16)1-5(18-6)8-13-9-7(10(17)14-8)11-3-12-9/h3-7,15-16H,1-2H2,(H,11,12,17);3-6,15-16H,1-2H2,(H2,11,12,13,14,17)/t5-,6+,7+;4-,5+,6+/m00/s1. The first-order valence-electron chi connectivity index (χ1n) is 11.1. The Bertz CT molecular complexity index is 1460. The van der Waals surface area contributed by atoms with Crippen molar-refractivity contribution in [3.63, 3.8) is 0 Å². The molecule has 16 heteroatoms. The number of aromatic amines is 3. The molecule has 36 heavy (non-hydrogen) atoms. The molecule has 2 aliphatic rings. The van der Waals surface area contributed by atoms with Crippen LogP contribution >= 0.6 is 0 Å². The van der Waals surface area contributed by atoms with Crippen LogP contribution in [0.25, 0.3) is 22.3 Å². The number of nitrogens with zero attached hydrogens (tertiary/aromatic N) is 5. The Morgan fingerprint density at radius 1 is 0.944 bits per heavy atom. The fraction of sp³-hybridized carbons (Fsp3) is 0.500. The van der Waals surface area contributed by atoms with Crippen LogP contribution in [-0.2, 0) is 9.47 Å². The third-order valence-electron chi connectivity index (χ3n) is 6.08. The Labute approximate surface area is 200 Å². The second kappa shape index (κ2) is 9.84. The smallest absolute Gasteiger partial charge is 0.278 e. The number of hydrogen-bond acceptors (Lipinski definition) is 12. The van der Waals surface area contributed by atoms with Gasteiger partial charge in [0.2, 0.25) is 0 Å². The number of imidazole rings is 2. The van der Waals surface area contributed by atoms with E-state index in [1.165, 1.54) is 19.0 Å². The molecule has 2 aliphatic heterocycles. The third-order valence-corrected chi connectivity index (χ3v) is 6.08. The van der Waals surface area contributed by atoms with Gasteiger partial charge in [-0.1, -0.05) is 0 Å². The van der Waals surface area contributed by atoms with E-state index in [1.54, 1.807) is 4.57 Å². The average Bonchev–Trinajstić information content (AvgIpc) is 3.64. The zero-order chi connectivity index (χ0) is 25.4. The molecule has 6 heterocycles. The first-order valence-corrected chi connectivity index (χ1v) is 11.1. The van der Waals surface area contributed by atoms with E-state index in [-0.39, 0.29) is 36.3 Å². The first-order chi connectivity index (χ1) is 17.4. The van der Waals surface area contributed by atoms with E-state index in [0.717, 1.165) is 0 Å². The SMILES string of the molecule is O=c1[nH]c([C@H]2C[C@H](O)[C@@H](CO)O2)nc2nc[nH]c12.O=c1[nH]cnc2c1ncn2[C@H]1C[C@H](O)[C@@H](CO)O1. The Morgan fingerprint density at radius 2 is 1.67 bits per heavy atom. The summed E-state index contributed by atoms with van der Waals surface area (Å²) in [4.78, 5) is 47.0. The van der Waals surface area contributed by atoms with Crippen LogP contribution < -0.4 is 11.1 Å². The summed E-state index contributed by atoms with van der Waals surface area (Å²) in [6.45, 7) is -0.523.